The second-order valence-electron chi connectivity index (χ2n) is 5.12. The first kappa shape index (κ1) is 15.7. The normalized spacial score (nSPS) is 12.3. The summed E-state index contributed by atoms with van der Waals surface area (Å²) in [6, 6.07) is 4.53. The lowest BCUT2D eigenvalue weighted by Gasteiger charge is -2.20. The molecule has 0 amide bonds. The number of rotatable bonds is 6. The van der Waals surface area contributed by atoms with E-state index in [4.69, 9.17) is 4.74 Å². The van der Waals surface area contributed by atoms with Crippen LogP contribution in [-0.2, 0) is 16.0 Å². The first-order valence-corrected chi connectivity index (χ1v) is 6.84. The van der Waals surface area contributed by atoms with Gasteiger partial charge in [0.25, 0.3) is 0 Å². The first-order chi connectivity index (χ1) is 8.97. The molecule has 1 aromatic rings. The summed E-state index contributed by atoms with van der Waals surface area (Å²) in [6.07, 6.45) is 1.28. The van der Waals surface area contributed by atoms with Crippen molar-refractivity contribution in [2.24, 2.45) is 0 Å². The van der Waals surface area contributed by atoms with E-state index in [0.29, 0.717) is 6.42 Å². The average molecular weight is 263 g/mol. The maximum absolute atomic E-state index is 11.4. The van der Waals surface area contributed by atoms with Crippen molar-refractivity contribution in [3.05, 3.63) is 34.4 Å². The lowest BCUT2D eigenvalue weighted by molar-refractivity contribution is -0.141. The van der Waals surface area contributed by atoms with Crippen LogP contribution in [0.4, 0.5) is 0 Å². The van der Waals surface area contributed by atoms with Gasteiger partial charge in [0.2, 0.25) is 0 Å². The van der Waals surface area contributed by atoms with Crippen molar-refractivity contribution in [1.82, 2.24) is 5.32 Å². The van der Waals surface area contributed by atoms with Gasteiger partial charge in [0, 0.05) is 6.04 Å². The van der Waals surface area contributed by atoms with E-state index in [2.05, 4.69) is 45.1 Å². The lowest BCUT2D eigenvalue weighted by Crippen LogP contribution is -2.34. The quantitative estimate of drug-likeness (QED) is 0.802. The number of methoxy groups -OCH3 is 1. The largest absolute Gasteiger partial charge is 0.469 e. The summed E-state index contributed by atoms with van der Waals surface area (Å²) in [5.74, 6) is -0.159. The van der Waals surface area contributed by atoms with Gasteiger partial charge in [-0.1, -0.05) is 24.6 Å². The van der Waals surface area contributed by atoms with E-state index in [1.54, 1.807) is 0 Å². The Balaban J connectivity index is 2.87. The van der Waals surface area contributed by atoms with Crippen LogP contribution in [0, 0.1) is 20.8 Å². The van der Waals surface area contributed by atoms with Crippen molar-refractivity contribution >= 4 is 5.97 Å². The zero-order chi connectivity index (χ0) is 14.4. The molecule has 1 rings (SSSR count). The number of hydrogen-bond acceptors (Lipinski definition) is 3. The molecule has 106 valence electrons. The van der Waals surface area contributed by atoms with Crippen molar-refractivity contribution in [2.75, 3.05) is 13.7 Å². The van der Waals surface area contributed by atoms with Crippen LogP contribution in [-0.4, -0.2) is 25.7 Å². The maximum Gasteiger partial charge on any atom is 0.307 e. The zero-order valence-corrected chi connectivity index (χ0v) is 12.7. The van der Waals surface area contributed by atoms with E-state index in [9.17, 15) is 4.79 Å². The van der Waals surface area contributed by atoms with Gasteiger partial charge in [0.05, 0.1) is 13.5 Å². The van der Waals surface area contributed by atoms with E-state index < -0.39 is 0 Å². The predicted octanol–water partition coefficient (Wildman–Crippen LogP) is 2.70. The molecule has 0 aliphatic heterocycles. The number of aryl methyl sites for hydroxylation is 3. The Morgan fingerprint density at radius 2 is 1.84 bits per heavy atom. The highest BCUT2D eigenvalue weighted by Crippen LogP contribution is 2.19. The number of likely N-dealkylation sites (N-methyl/N-ethyl adjacent to an activating group) is 1. The van der Waals surface area contributed by atoms with E-state index in [0.717, 1.165) is 13.0 Å². The van der Waals surface area contributed by atoms with Crippen molar-refractivity contribution < 1.29 is 9.53 Å². The molecule has 0 aromatic heterocycles. The van der Waals surface area contributed by atoms with Crippen molar-refractivity contribution in [3.8, 4) is 0 Å². The maximum atomic E-state index is 11.4. The summed E-state index contributed by atoms with van der Waals surface area (Å²) in [5.41, 5.74) is 5.21. The summed E-state index contributed by atoms with van der Waals surface area (Å²) >= 11 is 0. The molecule has 0 bridgehead atoms. The summed E-state index contributed by atoms with van der Waals surface area (Å²) in [4.78, 5) is 11.4. The third-order valence-corrected chi connectivity index (χ3v) is 3.42. The van der Waals surface area contributed by atoms with Crippen LogP contribution in [0.3, 0.4) is 0 Å². The Bertz CT molecular complexity index is 417. The molecule has 0 saturated carbocycles. The topological polar surface area (TPSA) is 38.3 Å². The van der Waals surface area contributed by atoms with E-state index in [-0.39, 0.29) is 12.0 Å². The highest BCUT2D eigenvalue weighted by Gasteiger charge is 2.16. The van der Waals surface area contributed by atoms with Crippen LogP contribution in [0.15, 0.2) is 12.1 Å². The fourth-order valence-electron chi connectivity index (χ4n) is 2.57. The van der Waals surface area contributed by atoms with Crippen molar-refractivity contribution in [2.45, 2.75) is 46.6 Å². The molecule has 1 unspecified atom stereocenters. The number of nitrogens with one attached hydrogen (secondary N) is 1. The molecule has 3 heteroatoms. The molecule has 0 aliphatic carbocycles. The van der Waals surface area contributed by atoms with Gasteiger partial charge in [-0.25, -0.2) is 0 Å². The van der Waals surface area contributed by atoms with Crippen LogP contribution < -0.4 is 5.32 Å². The van der Waals surface area contributed by atoms with E-state index in [1.807, 2.05) is 0 Å². The molecule has 1 N–H and O–H groups in total. The molecule has 0 heterocycles. The fraction of sp³-hybridized carbons (Fsp3) is 0.562. The minimum Gasteiger partial charge on any atom is -0.469 e. The van der Waals surface area contributed by atoms with Gasteiger partial charge in [0.15, 0.2) is 0 Å². The number of carbonyl (C=O) groups excluding carboxylic acids is 1. The Morgan fingerprint density at radius 1 is 1.26 bits per heavy atom. The Labute approximate surface area is 116 Å². The number of carbonyl (C=O) groups is 1. The smallest absolute Gasteiger partial charge is 0.307 e. The van der Waals surface area contributed by atoms with Crippen LogP contribution in [0.1, 0.15) is 35.6 Å². The second kappa shape index (κ2) is 7.29. The lowest BCUT2D eigenvalue weighted by atomic mass is 9.93. The molecule has 1 aromatic carbocycles. The van der Waals surface area contributed by atoms with Crippen LogP contribution in [0.5, 0.6) is 0 Å². The highest BCUT2D eigenvalue weighted by atomic mass is 16.5. The summed E-state index contributed by atoms with van der Waals surface area (Å²) in [7, 11) is 1.44. The fourth-order valence-corrected chi connectivity index (χ4v) is 2.57. The summed E-state index contributed by atoms with van der Waals surface area (Å²) in [5, 5.41) is 3.36. The number of benzene rings is 1. The van der Waals surface area contributed by atoms with Crippen molar-refractivity contribution in [3.63, 3.8) is 0 Å². The molecular weight excluding hydrogens is 238 g/mol. The van der Waals surface area contributed by atoms with E-state index in [1.165, 1.54) is 29.4 Å². The first-order valence-electron chi connectivity index (χ1n) is 6.84. The monoisotopic (exact) mass is 263 g/mol. The Kier molecular flexibility index (Phi) is 6.03. The Morgan fingerprint density at radius 3 is 2.32 bits per heavy atom. The molecule has 1 atom stereocenters. The van der Waals surface area contributed by atoms with Crippen LogP contribution >= 0.6 is 0 Å². The molecule has 0 saturated heterocycles. The number of hydrogen-bond donors (Lipinski definition) is 1. The van der Waals surface area contributed by atoms with Gasteiger partial charge in [-0.2, -0.15) is 0 Å². The van der Waals surface area contributed by atoms with Crippen LogP contribution in [0.2, 0.25) is 0 Å². The van der Waals surface area contributed by atoms with Gasteiger partial charge < -0.3 is 10.1 Å². The molecule has 0 fully saturated rings. The zero-order valence-electron chi connectivity index (χ0n) is 12.7. The van der Waals surface area contributed by atoms with Gasteiger partial charge >= 0.3 is 5.97 Å². The number of esters is 1. The molecule has 0 aliphatic rings. The average Bonchev–Trinajstić information content (AvgIpc) is 2.33. The summed E-state index contributed by atoms with van der Waals surface area (Å²) < 4.78 is 4.77. The van der Waals surface area contributed by atoms with Gasteiger partial charge in [0.1, 0.15) is 0 Å². The standard InChI is InChI=1S/C16H25NO2/c1-6-17-14(10-16(18)19-5)9-15-12(3)7-11(2)8-13(15)4/h7-8,14,17H,6,9-10H2,1-5H3. The van der Waals surface area contributed by atoms with Crippen molar-refractivity contribution in [1.29, 1.82) is 0 Å². The van der Waals surface area contributed by atoms with E-state index >= 15 is 0 Å². The predicted molar refractivity (Wildman–Crippen MR) is 78.5 cm³/mol. The third kappa shape index (κ3) is 4.67. The molecule has 0 radical (unpaired) electrons. The highest BCUT2D eigenvalue weighted by molar-refractivity contribution is 5.70. The Hall–Kier alpha value is -1.35. The van der Waals surface area contributed by atoms with Gasteiger partial charge in [-0.05, 0) is 50.4 Å². The minimum atomic E-state index is -0.159. The third-order valence-electron chi connectivity index (χ3n) is 3.42. The van der Waals surface area contributed by atoms with Gasteiger partial charge in [-0.3, -0.25) is 4.79 Å². The molecule has 0 spiro atoms. The second-order valence-corrected chi connectivity index (χ2v) is 5.12. The molecule has 19 heavy (non-hydrogen) atoms. The molecule has 3 nitrogen and oxygen atoms in total. The summed E-state index contributed by atoms with van der Waals surface area (Å²) in [6.45, 7) is 9.29. The van der Waals surface area contributed by atoms with Crippen LogP contribution in [0.25, 0.3) is 0 Å². The van der Waals surface area contributed by atoms with Gasteiger partial charge in [-0.15, -0.1) is 0 Å². The molecular formula is C16H25NO2. The minimum absolute atomic E-state index is 0.137. The number of ether oxygens (including phenoxy) is 1. The SMILES string of the molecule is CCNC(CC(=O)OC)Cc1c(C)cc(C)cc1C.